The van der Waals surface area contributed by atoms with E-state index in [0.717, 1.165) is 30.8 Å². The number of carbonyl (C=O) groups excluding carboxylic acids is 1. The van der Waals surface area contributed by atoms with Crippen LogP contribution in [0.5, 0.6) is 0 Å². The molecule has 1 aliphatic rings. The maximum atomic E-state index is 14.1. The zero-order valence-electron chi connectivity index (χ0n) is 17.2. The monoisotopic (exact) mass is 442 g/mol. The molecule has 2 aromatic heterocycles. The van der Waals surface area contributed by atoms with Crippen molar-refractivity contribution >= 4 is 17.9 Å². The van der Waals surface area contributed by atoms with E-state index in [4.69, 9.17) is 16.3 Å². The molecule has 3 heterocycles. The van der Waals surface area contributed by atoms with Gasteiger partial charge in [0.2, 0.25) is 0 Å². The maximum Gasteiger partial charge on any atom is 0.168 e. The molecule has 0 saturated carbocycles. The molecule has 0 amide bonds. The van der Waals surface area contributed by atoms with Crippen LogP contribution in [0.2, 0.25) is 0 Å². The lowest BCUT2D eigenvalue weighted by atomic mass is 9.96. The minimum absolute atomic E-state index is 0.0131. The summed E-state index contributed by atoms with van der Waals surface area (Å²) in [6, 6.07) is 12.2. The number of piperidine rings is 1. The number of alkyl halides is 1. The van der Waals surface area contributed by atoms with Gasteiger partial charge in [-0.2, -0.15) is 0 Å². The zero-order valence-corrected chi connectivity index (χ0v) is 18.0. The Morgan fingerprint density at radius 3 is 2.77 bits per heavy atom. The van der Waals surface area contributed by atoms with Crippen LogP contribution in [0.25, 0.3) is 0 Å². The lowest BCUT2D eigenvalue weighted by Crippen LogP contribution is -2.40. The number of likely N-dealkylation sites (tertiary alicyclic amines) is 1. The number of halogens is 2. The lowest BCUT2D eigenvalue weighted by Gasteiger charge is -2.39. The van der Waals surface area contributed by atoms with E-state index < -0.39 is 5.56 Å². The molecule has 3 unspecified atom stereocenters. The van der Waals surface area contributed by atoms with Crippen molar-refractivity contribution in [3.63, 3.8) is 0 Å². The number of imidazole rings is 1. The van der Waals surface area contributed by atoms with Crippen LogP contribution in [0, 0.1) is 5.82 Å². The van der Waals surface area contributed by atoms with Crippen LogP contribution in [0.3, 0.4) is 0 Å². The summed E-state index contributed by atoms with van der Waals surface area (Å²) in [6.45, 7) is 1.31. The highest BCUT2D eigenvalue weighted by Crippen LogP contribution is 2.36. The number of rotatable bonds is 7. The standard InChI is InChI=1S/C23H24ClFN4O2/c1-28-16(15-30)13-27-22(28)14-29-11-9-17(12-21(29)20-8-4-5-10-26-20)31-23(24)18-6-2-3-7-19(18)25/h2-8,10,13,15,17,21,23H,9,11-12,14H2,1H3. The van der Waals surface area contributed by atoms with Crippen molar-refractivity contribution in [3.8, 4) is 0 Å². The summed E-state index contributed by atoms with van der Waals surface area (Å²) in [7, 11) is 1.84. The second kappa shape index (κ2) is 9.68. The molecule has 31 heavy (non-hydrogen) atoms. The molecule has 162 valence electrons. The predicted octanol–water partition coefficient (Wildman–Crippen LogP) is 4.43. The number of nitrogens with zero attached hydrogens (tertiary/aromatic N) is 4. The van der Waals surface area contributed by atoms with Gasteiger partial charge in [-0.15, -0.1) is 0 Å². The number of aldehydes is 1. The highest BCUT2D eigenvalue weighted by molar-refractivity contribution is 6.19. The molecule has 6 nitrogen and oxygen atoms in total. The first-order chi connectivity index (χ1) is 15.1. The number of hydrogen-bond acceptors (Lipinski definition) is 5. The Kier molecular flexibility index (Phi) is 6.75. The summed E-state index contributed by atoms with van der Waals surface area (Å²) in [5.74, 6) is 0.436. The van der Waals surface area contributed by atoms with Gasteiger partial charge in [-0.1, -0.05) is 35.9 Å². The van der Waals surface area contributed by atoms with Gasteiger partial charge in [-0.3, -0.25) is 14.7 Å². The highest BCUT2D eigenvalue weighted by Gasteiger charge is 2.33. The third kappa shape index (κ3) is 4.84. The number of hydrogen-bond donors (Lipinski definition) is 0. The Labute approximate surface area is 185 Å². The van der Waals surface area contributed by atoms with Gasteiger partial charge in [0.1, 0.15) is 17.3 Å². The summed E-state index contributed by atoms with van der Waals surface area (Å²) in [5, 5.41) is 0. The van der Waals surface area contributed by atoms with Gasteiger partial charge in [0.15, 0.2) is 11.8 Å². The normalized spacial score (nSPS) is 20.5. The van der Waals surface area contributed by atoms with Gasteiger partial charge in [-0.05, 0) is 31.0 Å². The smallest absolute Gasteiger partial charge is 0.168 e. The molecule has 3 aromatic rings. The van der Waals surface area contributed by atoms with Crippen LogP contribution in [0.1, 0.15) is 52.0 Å². The fourth-order valence-corrected chi connectivity index (χ4v) is 4.30. The molecule has 8 heteroatoms. The number of benzene rings is 1. The Hall–Kier alpha value is -2.61. The summed E-state index contributed by atoms with van der Waals surface area (Å²) < 4.78 is 22.0. The van der Waals surface area contributed by atoms with Crippen molar-refractivity contribution in [2.75, 3.05) is 6.54 Å². The Morgan fingerprint density at radius 1 is 1.26 bits per heavy atom. The average molecular weight is 443 g/mol. The largest absolute Gasteiger partial charge is 0.355 e. The topological polar surface area (TPSA) is 60.2 Å². The van der Waals surface area contributed by atoms with Gasteiger partial charge in [0.25, 0.3) is 0 Å². The molecular weight excluding hydrogens is 419 g/mol. The number of carbonyl (C=O) groups is 1. The molecule has 0 radical (unpaired) electrons. The molecule has 3 atom stereocenters. The van der Waals surface area contributed by atoms with Crippen LogP contribution < -0.4 is 0 Å². The second-order valence-electron chi connectivity index (χ2n) is 7.64. The van der Waals surface area contributed by atoms with Crippen molar-refractivity contribution in [1.82, 2.24) is 19.4 Å². The fraction of sp³-hybridized carbons (Fsp3) is 0.348. The van der Waals surface area contributed by atoms with Gasteiger partial charge >= 0.3 is 0 Å². The Balaban J connectivity index is 1.52. The van der Waals surface area contributed by atoms with E-state index in [-0.39, 0.29) is 18.0 Å². The second-order valence-corrected chi connectivity index (χ2v) is 8.03. The van der Waals surface area contributed by atoms with Gasteiger partial charge in [0.05, 0.1) is 30.6 Å². The van der Waals surface area contributed by atoms with E-state index in [1.807, 2.05) is 25.2 Å². The first-order valence-corrected chi connectivity index (χ1v) is 10.6. The molecule has 4 rings (SSSR count). The molecule has 0 bridgehead atoms. The Bertz CT molecular complexity index is 1030. The van der Waals surface area contributed by atoms with E-state index in [2.05, 4.69) is 14.9 Å². The summed E-state index contributed by atoms with van der Waals surface area (Å²) >= 11 is 6.41. The summed E-state index contributed by atoms with van der Waals surface area (Å²) in [4.78, 5) is 22.4. The minimum Gasteiger partial charge on any atom is -0.355 e. The molecular formula is C23H24ClFN4O2. The van der Waals surface area contributed by atoms with Crippen LogP contribution in [-0.4, -0.2) is 38.4 Å². The quantitative estimate of drug-likeness (QED) is 0.400. The van der Waals surface area contributed by atoms with Crippen LogP contribution in [0.15, 0.2) is 54.9 Å². The first kappa shape index (κ1) is 21.6. The van der Waals surface area contributed by atoms with Crippen molar-refractivity contribution in [1.29, 1.82) is 0 Å². The fourth-order valence-electron chi connectivity index (χ4n) is 3.98. The van der Waals surface area contributed by atoms with E-state index in [0.29, 0.717) is 24.2 Å². The van der Waals surface area contributed by atoms with E-state index in [1.165, 1.54) is 6.07 Å². The van der Waals surface area contributed by atoms with Crippen molar-refractivity contribution in [3.05, 3.63) is 83.5 Å². The van der Waals surface area contributed by atoms with Gasteiger partial charge in [-0.25, -0.2) is 9.37 Å². The molecule has 1 aliphatic heterocycles. The Morgan fingerprint density at radius 2 is 2.06 bits per heavy atom. The lowest BCUT2D eigenvalue weighted by molar-refractivity contribution is -0.0357. The zero-order chi connectivity index (χ0) is 21.8. The SMILES string of the molecule is Cn1c(C=O)cnc1CN1CCC(OC(Cl)c2ccccc2F)CC1c1ccccn1. The van der Waals surface area contributed by atoms with E-state index in [1.54, 1.807) is 35.2 Å². The molecule has 1 saturated heterocycles. The van der Waals surface area contributed by atoms with E-state index in [9.17, 15) is 9.18 Å². The highest BCUT2D eigenvalue weighted by atomic mass is 35.5. The molecule has 0 aliphatic carbocycles. The van der Waals surface area contributed by atoms with Gasteiger partial charge in [0, 0.05) is 25.4 Å². The van der Waals surface area contributed by atoms with Crippen molar-refractivity contribution < 1.29 is 13.9 Å². The molecule has 1 aromatic carbocycles. The van der Waals surface area contributed by atoms with Crippen LogP contribution in [0.4, 0.5) is 4.39 Å². The third-order valence-electron chi connectivity index (χ3n) is 5.74. The van der Waals surface area contributed by atoms with Crippen LogP contribution >= 0.6 is 11.6 Å². The average Bonchev–Trinajstić information content (AvgIpc) is 3.14. The number of aromatic nitrogens is 3. The van der Waals surface area contributed by atoms with E-state index >= 15 is 0 Å². The number of ether oxygens (including phenoxy) is 1. The van der Waals surface area contributed by atoms with Crippen molar-refractivity contribution in [2.45, 2.75) is 37.1 Å². The number of pyridine rings is 1. The first-order valence-electron chi connectivity index (χ1n) is 10.2. The third-order valence-corrected chi connectivity index (χ3v) is 6.08. The molecule has 0 spiro atoms. The predicted molar refractivity (Wildman–Crippen MR) is 115 cm³/mol. The molecule has 1 fully saturated rings. The van der Waals surface area contributed by atoms with Crippen LogP contribution in [-0.2, 0) is 18.3 Å². The van der Waals surface area contributed by atoms with Crippen molar-refractivity contribution in [2.24, 2.45) is 7.05 Å². The summed E-state index contributed by atoms with van der Waals surface area (Å²) in [5.41, 5.74) is 0.956. The van der Waals surface area contributed by atoms with Gasteiger partial charge < -0.3 is 9.30 Å². The maximum absolute atomic E-state index is 14.1. The summed E-state index contributed by atoms with van der Waals surface area (Å²) in [6.07, 6.45) is 5.42. The minimum atomic E-state index is -0.855. The molecule has 0 N–H and O–H groups in total.